The van der Waals surface area contributed by atoms with E-state index in [1.165, 1.54) is 23.5 Å². The molecule has 2 N–H and O–H groups in total. The van der Waals surface area contributed by atoms with Crippen molar-refractivity contribution in [3.05, 3.63) is 47.4 Å². The van der Waals surface area contributed by atoms with Gasteiger partial charge in [0.25, 0.3) is 0 Å². The lowest BCUT2D eigenvalue weighted by molar-refractivity contribution is -0.144. The van der Waals surface area contributed by atoms with Crippen molar-refractivity contribution in [2.24, 2.45) is 5.73 Å². The molecule has 1 unspecified atom stereocenters. The average molecular weight is 333 g/mol. The normalized spacial score (nSPS) is 12.5. The highest BCUT2D eigenvalue weighted by atomic mass is 32.1. The SMILES string of the molecule is CCOC(=O)C(N)Cc1c(-c2ccc(F)cc2)nc2sccn12. The number of nitrogens with zero attached hydrogens (tertiary/aromatic N) is 2. The molecule has 7 heteroatoms. The van der Waals surface area contributed by atoms with Crippen molar-refractivity contribution >= 4 is 22.3 Å². The summed E-state index contributed by atoms with van der Waals surface area (Å²) in [5, 5.41) is 1.91. The minimum absolute atomic E-state index is 0.289. The Morgan fingerprint density at radius 3 is 2.87 bits per heavy atom. The molecule has 0 saturated heterocycles. The fourth-order valence-electron chi connectivity index (χ4n) is 2.41. The Morgan fingerprint density at radius 2 is 2.17 bits per heavy atom. The van der Waals surface area contributed by atoms with E-state index in [2.05, 4.69) is 4.98 Å². The van der Waals surface area contributed by atoms with E-state index in [-0.39, 0.29) is 12.4 Å². The Labute approximate surface area is 136 Å². The summed E-state index contributed by atoms with van der Waals surface area (Å²) in [5.74, 6) is -0.748. The van der Waals surface area contributed by atoms with Gasteiger partial charge in [0, 0.05) is 23.6 Å². The largest absolute Gasteiger partial charge is 0.465 e. The van der Waals surface area contributed by atoms with Gasteiger partial charge in [-0.2, -0.15) is 0 Å². The highest BCUT2D eigenvalue weighted by Crippen LogP contribution is 2.27. The van der Waals surface area contributed by atoms with Crippen molar-refractivity contribution in [3.63, 3.8) is 0 Å². The first-order chi connectivity index (χ1) is 11.1. The Morgan fingerprint density at radius 1 is 1.43 bits per heavy atom. The zero-order chi connectivity index (χ0) is 16.4. The summed E-state index contributed by atoms with van der Waals surface area (Å²) >= 11 is 1.49. The second-order valence-electron chi connectivity index (χ2n) is 5.03. The first kappa shape index (κ1) is 15.6. The van der Waals surface area contributed by atoms with Crippen LogP contribution in [0.3, 0.4) is 0 Å². The number of rotatable bonds is 5. The number of benzene rings is 1. The molecule has 2 aromatic heterocycles. The molecule has 3 rings (SSSR count). The van der Waals surface area contributed by atoms with Crippen LogP contribution in [-0.4, -0.2) is 28.0 Å². The summed E-state index contributed by atoms with van der Waals surface area (Å²) in [6, 6.07) is 5.34. The molecule has 0 aliphatic heterocycles. The molecule has 1 aromatic carbocycles. The van der Waals surface area contributed by atoms with E-state index in [1.807, 2.05) is 16.0 Å². The van der Waals surface area contributed by atoms with Crippen LogP contribution < -0.4 is 5.73 Å². The zero-order valence-corrected chi connectivity index (χ0v) is 13.3. The van der Waals surface area contributed by atoms with Crippen LogP contribution >= 0.6 is 11.3 Å². The summed E-state index contributed by atoms with van der Waals surface area (Å²) in [5.41, 5.74) is 8.26. The first-order valence-corrected chi connectivity index (χ1v) is 8.10. The molecule has 0 amide bonds. The average Bonchev–Trinajstić information content (AvgIpc) is 3.11. The summed E-state index contributed by atoms with van der Waals surface area (Å²) in [7, 11) is 0. The molecule has 5 nitrogen and oxygen atoms in total. The number of carbonyl (C=O) groups is 1. The standard InChI is InChI=1S/C16H16FN3O2S/c1-2-22-15(21)12(18)9-13-14(10-3-5-11(17)6-4-10)19-16-20(13)7-8-23-16/h3-8,12H,2,9,18H2,1H3. The van der Waals surface area contributed by atoms with Gasteiger partial charge in [0.05, 0.1) is 18.0 Å². The van der Waals surface area contributed by atoms with E-state index in [0.29, 0.717) is 12.1 Å². The van der Waals surface area contributed by atoms with Crippen LogP contribution in [0.5, 0.6) is 0 Å². The smallest absolute Gasteiger partial charge is 0.323 e. The minimum atomic E-state index is -0.769. The van der Waals surface area contributed by atoms with Crippen LogP contribution in [0.25, 0.3) is 16.2 Å². The molecule has 0 radical (unpaired) electrons. The van der Waals surface area contributed by atoms with E-state index in [1.54, 1.807) is 19.1 Å². The number of imidazole rings is 1. The van der Waals surface area contributed by atoms with Crippen LogP contribution in [0.15, 0.2) is 35.8 Å². The van der Waals surface area contributed by atoms with Crippen LogP contribution in [0.1, 0.15) is 12.6 Å². The van der Waals surface area contributed by atoms with Crippen LogP contribution in [0.2, 0.25) is 0 Å². The fourth-order valence-corrected chi connectivity index (χ4v) is 3.14. The summed E-state index contributed by atoms with van der Waals surface area (Å²) in [4.78, 5) is 17.2. The molecule has 23 heavy (non-hydrogen) atoms. The van der Waals surface area contributed by atoms with Gasteiger partial charge in [-0.25, -0.2) is 9.37 Å². The molecule has 1 atom stereocenters. The summed E-state index contributed by atoms with van der Waals surface area (Å²) in [6.45, 7) is 2.03. The maximum atomic E-state index is 13.1. The predicted molar refractivity (Wildman–Crippen MR) is 86.8 cm³/mol. The van der Waals surface area contributed by atoms with E-state index in [4.69, 9.17) is 10.5 Å². The van der Waals surface area contributed by atoms with Crippen molar-refractivity contribution in [2.75, 3.05) is 6.61 Å². The minimum Gasteiger partial charge on any atom is -0.465 e. The number of hydrogen-bond donors (Lipinski definition) is 1. The molecule has 0 fully saturated rings. The topological polar surface area (TPSA) is 69.6 Å². The maximum Gasteiger partial charge on any atom is 0.323 e. The number of carbonyl (C=O) groups excluding carboxylic acids is 1. The van der Waals surface area contributed by atoms with Crippen molar-refractivity contribution in [2.45, 2.75) is 19.4 Å². The number of aromatic nitrogens is 2. The molecule has 120 valence electrons. The molecular formula is C16H16FN3O2S. The lowest BCUT2D eigenvalue weighted by Gasteiger charge is -2.11. The second kappa shape index (κ2) is 6.47. The fraction of sp³-hybridized carbons (Fsp3) is 0.250. The second-order valence-corrected chi connectivity index (χ2v) is 5.91. The Hall–Kier alpha value is -2.25. The van der Waals surface area contributed by atoms with Crippen molar-refractivity contribution < 1.29 is 13.9 Å². The van der Waals surface area contributed by atoms with Gasteiger partial charge in [0.2, 0.25) is 0 Å². The van der Waals surface area contributed by atoms with Gasteiger partial charge in [0.15, 0.2) is 4.96 Å². The number of hydrogen-bond acceptors (Lipinski definition) is 5. The van der Waals surface area contributed by atoms with Crippen molar-refractivity contribution in [1.82, 2.24) is 9.38 Å². The number of nitrogens with two attached hydrogens (primary N) is 1. The Kier molecular flexibility index (Phi) is 4.40. The number of thiazole rings is 1. The van der Waals surface area contributed by atoms with Gasteiger partial charge < -0.3 is 10.5 Å². The molecule has 2 heterocycles. The van der Waals surface area contributed by atoms with E-state index < -0.39 is 12.0 Å². The molecule has 0 aliphatic carbocycles. The quantitative estimate of drug-likeness (QED) is 0.729. The molecule has 0 spiro atoms. The van der Waals surface area contributed by atoms with E-state index >= 15 is 0 Å². The van der Waals surface area contributed by atoms with Gasteiger partial charge in [-0.3, -0.25) is 9.20 Å². The maximum absolute atomic E-state index is 13.1. The van der Waals surface area contributed by atoms with Crippen molar-refractivity contribution in [1.29, 1.82) is 0 Å². The van der Waals surface area contributed by atoms with E-state index in [9.17, 15) is 9.18 Å². The highest BCUT2D eigenvalue weighted by Gasteiger charge is 2.22. The van der Waals surface area contributed by atoms with Gasteiger partial charge in [-0.05, 0) is 31.2 Å². The molecule has 0 bridgehead atoms. The Bertz CT molecular complexity index is 826. The van der Waals surface area contributed by atoms with Crippen molar-refractivity contribution in [3.8, 4) is 11.3 Å². The lowest BCUT2D eigenvalue weighted by Crippen LogP contribution is -2.34. The van der Waals surface area contributed by atoms with Gasteiger partial charge in [-0.1, -0.05) is 0 Å². The molecule has 3 aromatic rings. The monoisotopic (exact) mass is 333 g/mol. The first-order valence-electron chi connectivity index (χ1n) is 7.22. The van der Waals surface area contributed by atoms with Crippen LogP contribution in [-0.2, 0) is 16.0 Å². The molecule has 0 saturated carbocycles. The molecule has 0 aliphatic rings. The van der Waals surface area contributed by atoms with Gasteiger partial charge >= 0.3 is 5.97 Å². The van der Waals surface area contributed by atoms with Crippen LogP contribution in [0, 0.1) is 5.82 Å². The third-order valence-corrected chi connectivity index (χ3v) is 4.24. The lowest BCUT2D eigenvalue weighted by atomic mass is 10.1. The van der Waals surface area contributed by atoms with Crippen LogP contribution in [0.4, 0.5) is 4.39 Å². The highest BCUT2D eigenvalue weighted by molar-refractivity contribution is 7.15. The predicted octanol–water partition coefficient (Wildman–Crippen LogP) is 2.63. The number of ether oxygens (including phenoxy) is 1. The Balaban J connectivity index is 2.00. The number of fused-ring (bicyclic) bond motifs is 1. The summed E-state index contributed by atoms with van der Waals surface area (Å²) in [6.07, 6.45) is 2.18. The molecular weight excluding hydrogens is 317 g/mol. The number of esters is 1. The zero-order valence-electron chi connectivity index (χ0n) is 12.5. The summed E-state index contributed by atoms with van der Waals surface area (Å²) < 4.78 is 20.0. The van der Waals surface area contributed by atoms with E-state index in [0.717, 1.165) is 16.2 Å². The number of halogens is 1. The third-order valence-electron chi connectivity index (χ3n) is 3.48. The van der Waals surface area contributed by atoms with Gasteiger partial charge in [0.1, 0.15) is 11.9 Å². The van der Waals surface area contributed by atoms with Gasteiger partial charge in [-0.15, -0.1) is 11.3 Å². The third kappa shape index (κ3) is 3.11.